The van der Waals surface area contributed by atoms with Crippen LogP contribution in [-0.2, 0) is 17.0 Å². The summed E-state index contributed by atoms with van der Waals surface area (Å²) in [5.74, 6) is 2.81. The molecule has 0 aliphatic rings. The highest BCUT2D eigenvalue weighted by molar-refractivity contribution is 7.97. The molecule has 0 aliphatic heterocycles. The number of nitrogens with one attached hydrogen (secondary N) is 1. The molecular weight excluding hydrogens is 312 g/mol. The molecule has 0 spiro atoms. The molecule has 1 heterocycles. The zero-order chi connectivity index (χ0) is 17.3. The molecule has 1 amide bonds. The number of nitrogens with zero attached hydrogens (tertiary/aromatic N) is 1. The fourth-order valence-electron chi connectivity index (χ4n) is 2.05. The van der Waals surface area contributed by atoms with Crippen molar-refractivity contribution < 1.29 is 13.9 Å². The summed E-state index contributed by atoms with van der Waals surface area (Å²) in [5.41, 5.74) is -0.460. The van der Waals surface area contributed by atoms with Crippen LogP contribution in [0.4, 0.5) is 4.79 Å². The maximum atomic E-state index is 12.1. The Balaban J connectivity index is 2.35. The minimum Gasteiger partial charge on any atom is -0.464 e. The Labute approximate surface area is 144 Å². The van der Waals surface area contributed by atoms with Gasteiger partial charge in [0.05, 0.1) is 12.3 Å². The number of rotatable bonds is 9. The SMILES string of the molecule is CCCN(CCNCc1ccc(CSC)o1)C(=O)OC(C)(C)C. The Bertz CT molecular complexity index is 469. The molecule has 1 aromatic rings. The summed E-state index contributed by atoms with van der Waals surface area (Å²) in [5, 5.41) is 3.31. The Hall–Kier alpha value is -1.14. The minimum atomic E-state index is -0.460. The first kappa shape index (κ1) is 19.9. The predicted molar refractivity (Wildman–Crippen MR) is 95.7 cm³/mol. The number of amides is 1. The minimum absolute atomic E-state index is 0.249. The lowest BCUT2D eigenvalue weighted by molar-refractivity contribution is 0.0251. The first-order valence-corrected chi connectivity index (χ1v) is 9.50. The van der Waals surface area contributed by atoms with Crippen LogP contribution in [0.5, 0.6) is 0 Å². The van der Waals surface area contributed by atoms with Crippen LogP contribution in [-0.4, -0.2) is 42.5 Å². The van der Waals surface area contributed by atoms with Crippen LogP contribution in [0.25, 0.3) is 0 Å². The van der Waals surface area contributed by atoms with Gasteiger partial charge in [0.2, 0.25) is 0 Å². The second-order valence-electron chi connectivity index (χ2n) is 6.45. The van der Waals surface area contributed by atoms with E-state index in [4.69, 9.17) is 9.15 Å². The molecule has 6 heteroatoms. The van der Waals surface area contributed by atoms with Crippen molar-refractivity contribution in [2.75, 3.05) is 25.9 Å². The van der Waals surface area contributed by atoms with Gasteiger partial charge in [0.15, 0.2) is 0 Å². The lowest BCUT2D eigenvalue weighted by atomic mass is 10.2. The van der Waals surface area contributed by atoms with Crippen molar-refractivity contribution in [2.24, 2.45) is 0 Å². The van der Waals surface area contributed by atoms with Gasteiger partial charge in [0, 0.05) is 19.6 Å². The van der Waals surface area contributed by atoms with Crippen molar-refractivity contribution in [3.05, 3.63) is 23.7 Å². The van der Waals surface area contributed by atoms with Crippen LogP contribution in [0, 0.1) is 0 Å². The molecule has 0 atom stereocenters. The molecule has 0 aliphatic carbocycles. The van der Waals surface area contributed by atoms with E-state index in [1.165, 1.54) is 0 Å². The van der Waals surface area contributed by atoms with Gasteiger partial charge in [-0.05, 0) is 45.6 Å². The first-order chi connectivity index (χ1) is 10.9. The van der Waals surface area contributed by atoms with E-state index in [0.29, 0.717) is 26.2 Å². The van der Waals surface area contributed by atoms with E-state index < -0.39 is 5.60 Å². The van der Waals surface area contributed by atoms with Gasteiger partial charge in [-0.2, -0.15) is 11.8 Å². The Morgan fingerprint density at radius 3 is 2.61 bits per heavy atom. The molecule has 0 unspecified atom stereocenters. The highest BCUT2D eigenvalue weighted by atomic mass is 32.2. The summed E-state index contributed by atoms with van der Waals surface area (Å²) in [6.07, 6.45) is 2.72. The van der Waals surface area contributed by atoms with E-state index in [0.717, 1.165) is 23.7 Å². The number of hydrogen-bond acceptors (Lipinski definition) is 5. The standard InChI is InChI=1S/C17H30N2O3S/c1-6-10-19(16(20)22-17(2,3)4)11-9-18-12-14-7-8-15(21-14)13-23-5/h7-8,18H,6,9-13H2,1-5H3. The first-order valence-electron chi connectivity index (χ1n) is 8.11. The van der Waals surface area contributed by atoms with Crippen LogP contribution in [0.2, 0.25) is 0 Å². The molecule has 1 N–H and O–H groups in total. The fourth-order valence-corrected chi connectivity index (χ4v) is 2.49. The number of carbonyl (C=O) groups excluding carboxylic acids is 1. The Morgan fingerprint density at radius 1 is 1.30 bits per heavy atom. The molecule has 1 rings (SSSR count). The largest absolute Gasteiger partial charge is 0.464 e. The summed E-state index contributed by atoms with van der Waals surface area (Å²) >= 11 is 1.74. The van der Waals surface area contributed by atoms with E-state index in [1.807, 2.05) is 32.9 Å². The number of carbonyl (C=O) groups is 1. The second kappa shape index (κ2) is 9.88. The van der Waals surface area contributed by atoms with Crippen molar-refractivity contribution in [2.45, 2.75) is 52.0 Å². The van der Waals surface area contributed by atoms with E-state index in [2.05, 4.69) is 18.5 Å². The average Bonchev–Trinajstić information content (AvgIpc) is 2.88. The zero-order valence-corrected chi connectivity index (χ0v) is 15.8. The van der Waals surface area contributed by atoms with Gasteiger partial charge in [-0.1, -0.05) is 6.92 Å². The van der Waals surface area contributed by atoms with Gasteiger partial charge in [0.25, 0.3) is 0 Å². The van der Waals surface area contributed by atoms with Gasteiger partial charge in [0.1, 0.15) is 17.1 Å². The second-order valence-corrected chi connectivity index (χ2v) is 7.31. The lowest BCUT2D eigenvalue weighted by Gasteiger charge is -2.27. The third-order valence-electron chi connectivity index (χ3n) is 3.01. The molecule has 0 saturated carbocycles. The van der Waals surface area contributed by atoms with E-state index in [9.17, 15) is 4.79 Å². The third kappa shape index (κ3) is 8.32. The molecular formula is C17H30N2O3S. The molecule has 0 saturated heterocycles. The molecule has 0 aromatic carbocycles. The van der Waals surface area contributed by atoms with Gasteiger partial charge >= 0.3 is 6.09 Å². The fraction of sp³-hybridized carbons (Fsp3) is 0.706. The number of furan rings is 1. The molecule has 0 bridgehead atoms. The third-order valence-corrected chi connectivity index (χ3v) is 3.58. The monoisotopic (exact) mass is 342 g/mol. The highest BCUT2D eigenvalue weighted by Crippen LogP contribution is 2.13. The molecule has 132 valence electrons. The van der Waals surface area contributed by atoms with Crippen molar-refractivity contribution >= 4 is 17.9 Å². The number of ether oxygens (including phenoxy) is 1. The summed E-state index contributed by atoms with van der Waals surface area (Å²) in [6, 6.07) is 4.01. The maximum absolute atomic E-state index is 12.1. The molecule has 23 heavy (non-hydrogen) atoms. The predicted octanol–water partition coefficient (Wildman–Crippen LogP) is 3.88. The van der Waals surface area contributed by atoms with Gasteiger partial charge < -0.3 is 19.4 Å². The smallest absolute Gasteiger partial charge is 0.410 e. The lowest BCUT2D eigenvalue weighted by Crippen LogP contribution is -2.40. The number of hydrogen-bond donors (Lipinski definition) is 1. The van der Waals surface area contributed by atoms with E-state index in [1.54, 1.807) is 16.7 Å². The normalized spacial score (nSPS) is 11.5. The number of thioether (sulfide) groups is 1. The summed E-state index contributed by atoms with van der Waals surface area (Å²) in [7, 11) is 0. The van der Waals surface area contributed by atoms with Crippen molar-refractivity contribution in [3.8, 4) is 0 Å². The quantitative estimate of drug-likeness (QED) is 0.690. The van der Waals surface area contributed by atoms with E-state index in [-0.39, 0.29) is 6.09 Å². The van der Waals surface area contributed by atoms with Crippen molar-refractivity contribution in [1.82, 2.24) is 10.2 Å². The van der Waals surface area contributed by atoms with Crippen LogP contribution >= 0.6 is 11.8 Å². The van der Waals surface area contributed by atoms with Crippen LogP contribution in [0.3, 0.4) is 0 Å². The van der Waals surface area contributed by atoms with E-state index >= 15 is 0 Å². The molecule has 0 radical (unpaired) electrons. The van der Waals surface area contributed by atoms with Gasteiger partial charge in [-0.3, -0.25) is 0 Å². The topological polar surface area (TPSA) is 54.7 Å². The van der Waals surface area contributed by atoms with Crippen molar-refractivity contribution in [3.63, 3.8) is 0 Å². The van der Waals surface area contributed by atoms with Crippen molar-refractivity contribution in [1.29, 1.82) is 0 Å². The summed E-state index contributed by atoms with van der Waals surface area (Å²) in [4.78, 5) is 13.9. The molecule has 0 fully saturated rings. The van der Waals surface area contributed by atoms with Crippen LogP contribution < -0.4 is 5.32 Å². The maximum Gasteiger partial charge on any atom is 0.410 e. The Morgan fingerprint density at radius 2 is 2.00 bits per heavy atom. The zero-order valence-electron chi connectivity index (χ0n) is 15.0. The summed E-state index contributed by atoms with van der Waals surface area (Å²) in [6.45, 7) is 10.4. The molecule has 5 nitrogen and oxygen atoms in total. The highest BCUT2D eigenvalue weighted by Gasteiger charge is 2.21. The Kier molecular flexibility index (Phi) is 8.55. The average molecular weight is 343 g/mol. The van der Waals surface area contributed by atoms with Crippen LogP contribution in [0.1, 0.15) is 45.6 Å². The summed E-state index contributed by atoms with van der Waals surface area (Å²) < 4.78 is 11.1. The van der Waals surface area contributed by atoms with Gasteiger partial charge in [-0.25, -0.2) is 4.79 Å². The van der Waals surface area contributed by atoms with Gasteiger partial charge in [-0.15, -0.1) is 0 Å². The van der Waals surface area contributed by atoms with Crippen LogP contribution in [0.15, 0.2) is 16.5 Å². The molecule has 1 aromatic heterocycles.